The third-order valence-electron chi connectivity index (χ3n) is 4.73. The summed E-state index contributed by atoms with van der Waals surface area (Å²) in [5.74, 6) is 0.326. The van der Waals surface area contributed by atoms with Gasteiger partial charge in [0.05, 0.1) is 24.3 Å². The van der Waals surface area contributed by atoms with Crippen molar-refractivity contribution in [2.75, 3.05) is 18.8 Å². The summed E-state index contributed by atoms with van der Waals surface area (Å²) >= 11 is 5.95. The average Bonchev–Trinajstić information content (AvgIpc) is 3.36. The van der Waals surface area contributed by atoms with Crippen molar-refractivity contribution in [1.82, 2.24) is 9.31 Å². The Morgan fingerprint density at radius 3 is 2.67 bits per heavy atom. The molecule has 1 unspecified atom stereocenters. The number of amides is 1. The summed E-state index contributed by atoms with van der Waals surface area (Å²) in [6.45, 7) is 0.151. The first-order chi connectivity index (χ1) is 12.9. The number of furan rings is 1. The highest BCUT2D eigenvalue weighted by Crippen LogP contribution is 2.33. The Morgan fingerprint density at radius 2 is 2.04 bits per heavy atom. The molecule has 27 heavy (non-hydrogen) atoms. The van der Waals surface area contributed by atoms with Gasteiger partial charge >= 0.3 is 0 Å². The Hall–Kier alpha value is -2.16. The fourth-order valence-corrected chi connectivity index (χ4v) is 4.94. The standard InChI is InChI=1S/C18H18ClN3O4S/c19-14-6-4-13(5-7-14)15-11-16(17-3-1-9-26-17)22(20-15)18(23)12-21-8-2-10-27(21,24)25/h1,3-7,9,16H,2,8,10-12H2. The van der Waals surface area contributed by atoms with E-state index in [1.807, 2.05) is 12.1 Å². The Bertz CT molecular complexity index is 971. The Morgan fingerprint density at radius 1 is 1.26 bits per heavy atom. The van der Waals surface area contributed by atoms with Gasteiger partial charge in [-0.2, -0.15) is 9.41 Å². The van der Waals surface area contributed by atoms with Crippen LogP contribution in [-0.2, 0) is 14.8 Å². The molecule has 2 aromatic rings. The number of rotatable bonds is 4. The maximum atomic E-state index is 12.9. The number of carbonyl (C=O) groups excluding carboxylic acids is 1. The highest BCUT2D eigenvalue weighted by Gasteiger charge is 2.38. The molecule has 1 amide bonds. The van der Waals surface area contributed by atoms with E-state index in [4.69, 9.17) is 16.0 Å². The molecule has 0 N–H and O–H groups in total. The summed E-state index contributed by atoms with van der Waals surface area (Å²) in [5, 5.41) is 6.45. The second-order valence-electron chi connectivity index (χ2n) is 6.53. The molecule has 3 heterocycles. The normalized spacial score (nSPS) is 22.2. The zero-order valence-corrected chi connectivity index (χ0v) is 16.0. The zero-order chi connectivity index (χ0) is 19.0. The number of halogens is 1. The van der Waals surface area contributed by atoms with Gasteiger partial charge in [-0.25, -0.2) is 13.4 Å². The van der Waals surface area contributed by atoms with E-state index in [-0.39, 0.29) is 18.2 Å². The van der Waals surface area contributed by atoms with Crippen molar-refractivity contribution in [2.45, 2.75) is 18.9 Å². The van der Waals surface area contributed by atoms with Crippen LogP contribution in [0.3, 0.4) is 0 Å². The third-order valence-corrected chi connectivity index (χ3v) is 6.88. The highest BCUT2D eigenvalue weighted by atomic mass is 35.5. The maximum absolute atomic E-state index is 12.9. The van der Waals surface area contributed by atoms with Gasteiger partial charge in [-0.1, -0.05) is 23.7 Å². The second-order valence-corrected chi connectivity index (χ2v) is 9.06. The minimum atomic E-state index is -3.35. The lowest BCUT2D eigenvalue weighted by Gasteiger charge is -2.22. The van der Waals surface area contributed by atoms with Gasteiger partial charge in [0.1, 0.15) is 11.8 Å². The summed E-state index contributed by atoms with van der Waals surface area (Å²) < 4.78 is 30.8. The number of carbonyl (C=O) groups is 1. The molecule has 0 spiro atoms. The molecule has 0 radical (unpaired) electrons. The Balaban J connectivity index is 1.61. The topological polar surface area (TPSA) is 83.2 Å². The minimum Gasteiger partial charge on any atom is -0.467 e. The summed E-state index contributed by atoms with van der Waals surface area (Å²) in [4.78, 5) is 12.9. The van der Waals surface area contributed by atoms with Crippen LogP contribution in [0.15, 0.2) is 52.2 Å². The van der Waals surface area contributed by atoms with Crippen molar-refractivity contribution in [1.29, 1.82) is 0 Å². The SMILES string of the molecule is O=C(CN1CCCS1(=O)=O)N1N=C(c2ccc(Cl)cc2)CC1c1ccco1. The van der Waals surface area contributed by atoms with E-state index in [0.717, 1.165) is 11.3 Å². The smallest absolute Gasteiger partial charge is 0.258 e. The molecular weight excluding hydrogens is 390 g/mol. The number of hydrogen-bond acceptors (Lipinski definition) is 5. The number of hydrogen-bond donors (Lipinski definition) is 0. The lowest BCUT2D eigenvalue weighted by Crippen LogP contribution is -2.38. The second kappa shape index (κ2) is 7.10. The molecule has 2 aliphatic rings. The molecular formula is C18H18ClN3O4S. The van der Waals surface area contributed by atoms with E-state index in [2.05, 4.69) is 5.10 Å². The number of hydrazone groups is 1. The minimum absolute atomic E-state index is 0.0845. The van der Waals surface area contributed by atoms with Gasteiger partial charge < -0.3 is 4.42 Å². The van der Waals surface area contributed by atoms with Crippen molar-refractivity contribution < 1.29 is 17.6 Å². The first-order valence-corrected chi connectivity index (χ1v) is 10.6. The summed E-state index contributed by atoms with van der Waals surface area (Å²) in [6, 6.07) is 10.4. The van der Waals surface area contributed by atoms with E-state index in [9.17, 15) is 13.2 Å². The van der Waals surface area contributed by atoms with Crippen LogP contribution in [0.2, 0.25) is 5.02 Å². The largest absolute Gasteiger partial charge is 0.467 e. The van der Waals surface area contributed by atoms with E-state index in [1.165, 1.54) is 9.31 Å². The average molecular weight is 408 g/mol. The molecule has 0 aliphatic carbocycles. The van der Waals surface area contributed by atoms with E-state index in [1.54, 1.807) is 30.5 Å². The molecule has 1 aromatic heterocycles. The van der Waals surface area contributed by atoms with Gasteiger partial charge in [0.15, 0.2) is 0 Å². The van der Waals surface area contributed by atoms with Crippen LogP contribution in [0.4, 0.5) is 0 Å². The lowest BCUT2D eigenvalue weighted by molar-refractivity contribution is -0.133. The van der Waals surface area contributed by atoms with Gasteiger partial charge in [0.2, 0.25) is 10.0 Å². The Labute approximate surface area is 162 Å². The fourth-order valence-electron chi connectivity index (χ4n) is 3.35. The van der Waals surface area contributed by atoms with Gasteiger partial charge in [-0.15, -0.1) is 0 Å². The quantitative estimate of drug-likeness (QED) is 0.780. The molecule has 4 rings (SSSR count). The van der Waals surface area contributed by atoms with E-state index < -0.39 is 16.1 Å². The molecule has 0 bridgehead atoms. The van der Waals surface area contributed by atoms with Crippen molar-refractivity contribution in [3.63, 3.8) is 0 Å². The van der Waals surface area contributed by atoms with Crippen LogP contribution in [0.25, 0.3) is 0 Å². The zero-order valence-electron chi connectivity index (χ0n) is 14.4. The van der Waals surface area contributed by atoms with Crippen LogP contribution < -0.4 is 0 Å². The maximum Gasteiger partial charge on any atom is 0.258 e. The molecule has 7 nitrogen and oxygen atoms in total. The monoisotopic (exact) mass is 407 g/mol. The molecule has 142 valence electrons. The van der Waals surface area contributed by atoms with Crippen LogP contribution in [0.1, 0.15) is 30.2 Å². The van der Waals surface area contributed by atoms with Gasteiger partial charge in [-0.05, 0) is 36.2 Å². The lowest BCUT2D eigenvalue weighted by atomic mass is 10.0. The predicted octanol–water partition coefficient (Wildman–Crippen LogP) is 2.65. The van der Waals surface area contributed by atoms with Gasteiger partial charge in [0, 0.05) is 18.0 Å². The third kappa shape index (κ3) is 3.65. The van der Waals surface area contributed by atoms with Gasteiger partial charge in [-0.3, -0.25) is 4.79 Å². The van der Waals surface area contributed by atoms with Crippen LogP contribution in [0.5, 0.6) is 0 Å². The molecule has 2 aliphatic heterocycles. The van der Waals surface area contributed by atoms with E-state index in [0.29, 0.717) is 30.2 Å². The van der Waals surface area contributed by atoms with Crippen LogP contribution in [-0.4, -0.2) is 48.2 Å². The number of benzene rings is 1. The fraction of sp³-hybridized carbons (Fsp3) is 0.333. The molecule has 1 saturated heterocycles. The van der Waals surface area contributed by atoms with Crippen molar-refractivity contribution in [3.8, 4) is 0 Å². The molecule has 9 heteroatoms. The molecule has 1 aromatic carbocycles. The van der Waals surface area contributed by atoms with Crippen molar-refractivity contribution in [2.24, 2.45) is 5.10 Å². The van der Waals surface area contributed by atoms with Crippen LogP contribution in [0, 0.1) is 0 Å². The highest BCUT2D eigenvalue weighted by molar-refractivity contribution is 7.89. The Kier molecular flexibility index (Phi) is 4.79. The summed E-state index contributed by atoms with van der Waals surface area (Å²) in [7, 11) is -3.35. The number of sulfonamides is 1. The van der Waals surface area contributed by atoms with Crippen LogP contribution >= 0.6 is 11.6 Å². The first kappa shape index (κ1) is 18.2. The molecule has 1 fully saturated rings. The van der Waals surface area contributed by atoms with Crippen molar-refractivity contribution >= 4 is 33.2 Å². The molecule has 1 atom stereocenters. The predicted molar refractivity (Wildman–Crippen MR) is 101 cm³/mol. The van der Waals surface area contributed by atoms with Crippen molar-refractivity contribution in [3.05, 3.63) is 59.0 Å². The summed E-state index contributed by atoms with van der Waals surface area (Å²) in [5.41, 5.74) is 1.59. The van der Waals surface area contributed by atoms with Gasteiger partial charge in [0.25, 0.3) is 5.91 Å². The first-order valence-electron chi connectivity index (χ1n) is 8.61. The number of nitrogens with zero attached hydrogens (tertiary/aromatic N) is 3. The summed E-state index contributed by atoms with van der Waals surface area (Å²) in [6.07, 6.45) is 2.56. The van der Waals surface area contributed by atoms with E-state index >= 15 is 0 Å². The molecule has 0 saturated carbocycles.